The molecule has 0 fully saturated rings. The quantitative estimate of drug-likeness (QED) is 0.495. The summed E-state index contributed by atoms with van der Waals surface area (Å²) in [6, 6.07) is 19.3. The molecule has 0 spiro atoms. The van der Waals surface area contributed by atoms with Crippen molar-refractivity contribution in [3.8, 4) is 0 Å². The van der Waals surface area contributed by atoms with Gasteiger partial charge < -0.3 is 19.1 Å². The Balaban J connectivity index is 2.05. The molecule has 2 aromatic carbocycles. The van der Waals surface area contributed by atoms with E-state index in [-0.39, 0.29) is 13.2 Å². The van der Waals surface area contributed by atoms with E-state index in [1.807, 2.05) is 111 Å². The Morgan fingerprint density at radius 2 is 1.39 bits per heavy atom. The van der Waals surface area contributed by atoms with Gasteiger partial charge in [0, 0.05) is 17.7 Å². The van der Waals surface area contributed by atoms with E-state index < -0.39 is 24.0 Å². The van der Waals surface area contributed by atoms with Crippen molar-refractivity contribution in [3.63, 3.8) is 0 Å². The first-order valence-corrected chi connectivity index (χ1v) is 12.1. The molecule has 1 aliphatic rings. The molecule has 0 radical (unpaired) electrons. The SMILES string of the molecule is COCC(O)COC1(C)C=CC=CC(C)(P(=O)(c2ccccc2)c2ccccc2)C=C1. The minimum atomic E-state index is -3.10. The fraction of sp³-hybridized carbons (Fsp3) is 0.308. The first kappa shape index (κ1) is 23.4. The van der Waals surface area contributed by atoms with Crippen LogP contribution in [0, 0.1) is 0 Å². The zero-order valence-corrected chi connectivity index (χ0v) is 19.2. The summed E-state index contributed by atoms with van der Waals surface area (Å²) >= 11 is 0. The fourth-order valence-electron chi connectivity index (χ4n) is 3.75. The van der Waals surface area contributed by atoms with Crippen molar-refractivity contribution >= 4 is 17.8 Å². The van der Waals surface area contributed by atoms with Gasteiger partial charge in [-0.2, -0.15) is 0 Å². The molecule has 3 unspecified atom stereocenters. The van der Waals surface area contributed by atoms with Gasteiger partial charge in [0.05, 0.1) is 18.4 Å². The number of allylic oxidation sites excluding steroid dienone is 4. The number of aliphatic hydroxyl groups excluding tert-OH is 1. The van der Waals surface area contributed by atoms with Gasteiger partial charge in [-0.05, 0) is 19.9 Å². The summed E-state index contributed by atoms with van der Waals surface area (Å²) in [5.41, 5.74) is -0.751. The van der Waals surface area contributed by atoms with Gasteiger partial charge in [-0.25, -0.2) is 0 Å². The third-order valence-corrected chi connectivity index (χ3v) is 9.29. The predicted molar refractivity (Wildman–Crippen MR) is 128 cm³/mol. The number of ether oxygens (including phenoxy) is 2. The zero-order chi connectivity index (χ0) is 22.4. The summed E-state index contributed by atoms with van der Waals surface area (Å²) in [7, 11) is -1.55. The third-order valence-electron chi connectivity index (χ3n) is 5.59. The molecule has 1 aliphatic carbocycles. The average Bonchev–Trinajstić information content (AvgIpc) is 2.79. The van der Waals surface area contributed by atoms with Gasteiger partial charge in [0.1, 0.15) is 11.7 Å². The number of hydrogen-bond acceptors (Lipinski definition) is 4. The second-order valence-electron chi connectivity index (χ2n) is 8.16. The third kappa shape index (κ3) is 5.16. The maximum Gasteiger partial charge on any atom is 0.156 e. The summed E-state index contributed by atoms with van der Waals surface area (Å²) in [6.07, 6.45) is 11.0. The smallest absolute Gasteiger partial charge is 0.156 e. The van der Waals surface area contributed by atoms with Gasteiger partial charge in [-0.15, -0.1) is 0 Å². The van der Waals surface area contributed by atoms with Crippen LogP contribution in [0.4, 0.5) is 0 Å². The lowest BCUT2D eigenvalue weighted by atomic mass is 9.98. The summed E-state index contributed by atoms with van der Waals surface area (Å²) in [4.78, 5) is 0. The van der Waals surface area contributed by atoms with Crippen LogP contribution in [-0.2, 0) is 14.0 Å². The summed E-state index contributed by atoms with van der Waals surface area (Å²) in [6.45, 7) is 4.27. The van der Waals surface area contributed by atoms with Crippen LogP contribution in [0.5, 0.6) is 0 Å². The predicted octanol–water partition coefficient (Wildman–Crippen LogP) is 4.22. The number of benzene rings is 2. The number of hydrogen-bond donors (Lipinski definition) is 1. The van der Waals surface area contributed by atoms with Crippen LogP contribution in [0.1, 0.15) is 13.8 Å². The van der Waals surface area contributed by atoms with E-state index >= 15 is 0 Å². The maximum atomic E-state index is 14.9. The number of aliphatic hydroxyl groups is 1. The van der Waals surface area contributed by atoms with Crippen molar-refractivity contribution in [1.82, 2.24) is 0 Å². The van der Waals surface area contributed by atoms with Gasteiger partial charge >= 0.3 is 0 Å². The van der Waals surface area contributed by atoms with Crippen LogP contribution < -0.4 is 10.6 Å². The van der Waals surface area contributed by atoms with Gasteiger partial charge in [0.25, 0.3) is 0 Å². The van der Waals surface area contributed by atoms with Crippen LogP contribution in [0.2, 0.25) is 0 Å². The molecule has 2 aromatic rings. The summed E-state index contributed by atoms with van der Waals surface area (Å²) < 4.78 is 25.9. The first-order chi connectivity index (χ1) is 14.8. The summed E-state index contributed by atoms with van der Waals surface area (Å²) in [5, 5.41) is 10.8. The van der Waals surface area contributed by atoms with Gasteiger partial charge in [-0.3, -0.25) is 0 Å². The maximum absolute atomic E-state index is 14.9. The Kier molecular flexibility index (Phi) is 7.51. The highest BCUT2D eigenvalue weighted by atomic mass is 31.2. The Bertz CT molecular complexity index is 939. The van der Waals surface area contributed by atoms with Crippen LogP contribution in [-0.4, -0.2) is 42.3 Å². The monoisotopic (exact) mass is 438 g/mol. The fourth-order valence-corrected chi connectivity index (χ4v) is 6.92. The molecule has 0 aliphatic heterocycles. The lowest BCUT2D eigenvalue weighted by molar-refractivity contribution is -0.0430. The minimum Gasteiger partial charge on any atom is -0.388 e. The van der Waals surface area contributed by atoms with Gasteiger partial charge in [0.2, 0.25) is 0 Å². The van der Waals surface area contributed by atoms with Crippen LogP contribution in [0.3, 0.4) is 0 Å². The minimum absolute atomic E-state index is 0.133. The zero-order valence-electron chi connectivity index (χ0n) is 18.3. The highest BCUT2D eigenvalue weighted by Gasteiger charge is 2.44. The molecule has 1 N–H and O–H groups in total. The lowest BCUT2D eigenvalue weighted by Crippen LogP contribution is -2.35. The Morgan fingerprint density at radius 1 is 0.839 bits per heavy atom. The molecule has 0 amide bonds. The van der Waals surface area contributed by atoms with Gasteiger partial charge in [0.15, 0.2) is 7.14 Å². The molecule has 164 valence electrons. The highest BCUT2D eigenvalue weighted by Crippen LogP contribution is 2.58. The van der Waals surface area contributed by atoms with E-state index in [2.05, 4.69) is 0 Å². The van der Waals surface area contributed by atoms with E-state index in [0.29, 0.717) is 0 Å². The van der Waals surface area contributed by atoms with E-state index in [1.54, 1.807) is 7.11 Å². The van der Waals surface area contributed by atoms with Crippen molar-refractivity contribution in [2.75, 3.05) is 20.3 Å². The molecule has 0 aromatic heterocycles. The molecular weight excluding hydrogens is 407 g/mol. The molecule has 0 saturated carbocycles. The second-order valence-corrected chi connectivity index (χ2v) is 11.4. The van der Waals surface area contributed by atoms with Crippen LogP contribution in [0.25, 0.3) is 0 Å². The number of methoxy groups -OCH3 is 1. The topological polar surface area (TPSA) is 55.8 Å². The molecular formula is C26H31O4P. The number of rotatable bonds is 8. The van der Waals surface area contributed by atoms with Crippen molar-refractivity contribution in [3.05, 3.63) is 97.1 Å². The molecule has 3 rings (SSSR count). The Morgan fingerprint density at radius 3 is 1.94 bits per heavy atom. The van der Waals surface area contributed by atoms with Crippen LogP contribution >= 0.6 is 7.14 Å². The molecule has 3 atom stereocenters. The molecule has 0 bridgehead atoms. The van der Waals surface area contributed by atoms with Crippen LogP contribution in [0.15, 0.2) is 97.1 Å². The van der Waals surface area contributed by atoms with E-state index in [0.717, 1.165) is 10.6 Å². The van der Waals surface area contributed by atoms with Gasteiger partial charge in [-0.1, -0.05) is 91.0 Å². The van der Waals surface area contributed by atoms with Crippen molar-refractivity contribution in [2.45, 2.75) is 30.7 Å². The largest absolute Gasteiger partial charge is 0.388 e. The summed E-state index contributed by atoms with van der Waals surface area (Å²) in [5.74, 6) is 0. The standard InChI is InChI=1S/C26H31O4P/c1-25(30-21-22(27)20-29-3)16-10-11-17-26(2,19-18-25)31(28,23-12-6-4-7-13-23)24-14-8-5-9-15-24/h4-19,22,27H,20-21H2,1-3H3. The van der Waals surface area contributed by atoms with E-state index in [4.69, 9.17) is 9.47 Å². The Labute approximate surface area is 185 Å². The molecule has 5 heteroatoms. The van der Waals surface area contributed by atoms with E-state index in [1.165, 1.54) is 0 Å². The first-order valence-electron chi connectivity index (χ1n) is 10.4. The highest BCUT2D eigenvalue weighted by molar-refractivity contribution is 7.80. The molecule has 0 heterocycles. The average molecular weight is 439 g/mol. The van der Waals surface area contributed by atoms with E-state index in [9.17, 15) is 9.67 Å². The van der Waals surface area contributed by atoms with Crippen molar-refractivity contribution < 1.29 is 19.1 Å². The normalized spacial score (nSPS) is 24.5. The van der Waals surface area contributed by atoms with Crippen molar-refractivity contribution in [2.24, 2.45) is 0 Å². The molecule has 31 heavy (non-hydrogen) atoms. The molecule has 0 saturated heterocycles. The van der Waals surface area contributed by atoms with Crippen molar-refractivity contribution in [1.29, 1.82) is 0 Å². The molecule has 4 nitrogen and oxygen atoms in total. The second kappa shape index (κ2) is 9.93. The Hall–Kier alpha value is -2.23. The lowest BCUT2D eigenvalue weighted by Gasteiger charge is -2.36.